The minimum Gasteiger partial charge on any atom is -0.0842 e. The summed E-state index contributed by atoms with van der Waals surface area (Å²) in [7, 11) is 0. The first kappa shape index (κ1) is 15.9. The first-order valence-corrected chi connectivity index (χ1v) is 10.1. The van der Waals surface area contributed by atoms with Crippen LogP contribution in [0.15, 0.2) is 89.6 Å². The van der Waals surface area contributed by atoms with Gasteiger partial charge in [0.1, 0.15) is 0 Å². The molecule has 5 rings (SSSR count). The van der Waals surface area contributed by atoms with Crippen LogP contribution in [0.3, 0.4) is 0 Å². The van der Waals surface area contributed by atoms with Crippen LogP contribution >= 0.6 is 0 Å². The van der Waals surface area contributed by atoms with Crippen molar-refractivity contribution in [2.24, 2.45) is 5.92 Å². The van der Waals surface area contributed by atoms with Crippen LogP contribution in [0.4, 0.5) is 0 Å². The molecule has 26 heavy (non-hydrogen) atoms. The monoisotopic (exact) mass is 338 g/mol. The molecule has 0 heteroatoms. The SMILES string of the molecule is CC1CC=CC2=C1C(C1=CCCC=C1)(C1=CC=CCC1)c1ccccc12. The second-order valence-electron chi connectivity index (χ2n) is 7.96. The van der Waals surface area contributed by atoms with Gasteiger partial charge in [0.15, 0.2) is 0 Å². The molecule has 0 aromatic heterocycles. The van der Waals surface area contributed by atoms with Crippen molar-refractivity contribution < 1.29 is 0 Å². The largest absolute Gasteiger partial charge is 0.0842 e. The highest BCUT2D eigenvalue weighted by Gasteiger charge is 2.50. The Balaban J connectivity index is 1.88. The second kappa shape index (κ2) is 6.13. The topological polar surface area (TPSA) is 0 Å². The normalized spacial score (nSPS) is 29.3. The quantitative estimate of drug-likeness (QED) is 0.554. The highest BCUT2D eigenvalue weighted by Crippen LogP contribution is 2.60. The Bertz CT molecular complexity index is 929. The highest BCUT2D eigenvalue weighted by molar-refractivity contribution is 5.91. The number of hydrogen-bond donors (Lipinski definition) is 0. The second-order valence-corrected chi connectivity index (χ2v) is 7.96. The van der Waals surface area contributed by atoms with Crippen molar-refractivity contribution in [2.45, 2.75) is 44.4 Å². The van der Waals surface area contributed by atoms with Gasteiger partial charge in [0.2, 0.25) is 0 Å². The molecular formula is C26H26. The van der Waals surface area contributed by atoms with E-state index in [9.17, 15) is 0 Å². The van der Waals surface area contributed by atoms with E-state index in [0.29, 0.717) is 5.92 Å². The lowest BCUT2D eigenvalue weighted by atomic mass is 9.60. The Kier molecular flexibility index (Phi) is 3.74. The first-order chi connectivity index (χ1) is 12.8. The van der Waals surface area contributed by atoms with Crippen LogP contribution in [0.25, 0.3) is 5.57 Å². The maximum atomic E-state index is 2.51. The predicted octanol–water partition coefficient (Wildman–Crippen LogP) is 6.84. The van der Waals surface area contributed by atoms with Crippen LogP contribution < -0.4 is 0 Å². The van der Waals surface area contributed by atoms with Gasteiger partial charge in [-0.3, -0.25) is 0 Å². The fraction of sp³-hybridized carbons (Fsp3) is 0.308. The van der Waals surface area contributed by atoms with E-state index >= 15 is 0 Å². The minimum atomic E-state index is -0.0578. The molecule has 0 radical (unpaired) electrons. The molecule has 0 bridgehead atoms. The standard InChI is InChI=1S/C26H26/c1-19-11-10-17-23-22-16-8-9-18-24(22)26(25(19)23,20-12-4-2-5-13-20)21-14-6-3-7-15-21/h2,4,6,8-10,12,14-19H,3,5,7,11,13H2,1H3. The zero-order valence-corrected chi connectivity index (χ0v) is 15.5. The highest BCUT2D eigenvalue weighted by atomic mass is 14.5. The van der Waals surface area contributed by atoms with E-state index in [1.807, 2.05) is 0 Å². The minimum absolute atomic E-state index is 0.0578. The summed E-state index contributed by atoms with van der Waals surface area (Å²) in [5, 5.41) is 0. The maximum Gasteiger partial charge on any atom is 0.0639 e. The van der Waals surface area contributed by atoms with Crippen LogP contribution in [0.5, 0.6) is 0 Å². The van der Waals surface area contributed by atoms with Crippen molar-refractivity contribution >= 4 is 5.57 Å². The zero-order chi connectivity index (χ0) is 17.6. The maximum absolute atomic E-state index is 2.51. The molecule has 0 saturated heterocycles. The lowest BCUT2D eigenvalue weighted by Gasteiger charge is -2.42. The van der Waals surface area contributed by atoms with Crippen molar-refractivity contribution in [1.82, 2.24) is 0 Å². The Labute approximate surface area is 157 Å². The lowest BCUT2D eigenvalue weighted by molar-refractivity contribution is 0.557. The van der Waals surface area contributed by atoms with E-state index in [4.69, 9.17) is 0 Å². The Morgan fingerprint density at radius 2 is 1.88 bits per heavy atom. The van der Waals surface area contributed by atoms with Gasteiger partial charge in [-0.1, -0.05) is 85.4 Å². The summed E-state index contributed by atoms with van der Waals surface area (Å²) in [6.07, 6.45) is 24.8. The van der Waals surface area contributed by atoms with E-state index in [0.717, 1.165) is 25.7 Å². The summed E-state index contributed by atoms with van der Waals surface area (Å²) in [4.78, 5) is 0. The molecule has 4 aliphatic carbocycles. The third-order valence-electron chi connectivity index (χ3n) is 6.51. The third kappa shape index (κ3) is 2.08. The molecule has 0 spiro atoms. The molecule has 4 aliphatic rings. The van der Waals surface area contributed by atoms with Crippen LogP contribution in [-0.2, 0) is 5.41 Å². The number of allylic oxidation sites excluding steroid dienone is 12. The van der Waals surface area contributed by atoms with Crippen molar-refractivity contribution in [3.05, 3.63) is 101 Å². The average Bonchev–Trinajstić information content (AvgIpc) is 3.02. The van der Waals surface area contributed by atoms with Crippen molar-refractivity contribution in [2.75, 3.05) is 0 Å². The molecule has 0 N–H and O–H groups in total. The Morgan fingerprint density at radius 1 is 0.962 bits per heavy atom. The van der Waals surface area contributed by atoms with Gasteiger partial charge in [0.25, 0.3) is 0 Å². The Morgan fingerprint density at radius 3 is 2.69 bits per heavy atom. The zero-order valence-electron chi connectivity index (χ0n) is 15.5. The van der Waals surface area contributed by atoms with E-state index in [-0.39, 0.29) is 5.41 Å². The van der Waals surface area contributed by atoms with E-state index in [2.05, 4.69) is 79.8 Å². The molecule has 0 nitrogen and oxygen atoms in total. The molecule has 130 valence electrons. The summed E-state index contributed by atoms with van der Waals surface area (Å²) in [5.41, 5.74) is 9.10. The number of benzene rings is 1. The van der Waals surface area contributed by atoms with Crippen molar-refractivity contribution in [1.29, 1.82) is 0 Å². The average molecular weight is 338 g/mol. The molecule has 1 aromatic carbocycles. The Hall–Kier alpha value is -2.34. The molecule has 0 saturated carbocycles. The molecule has 0 fully saturated rings. The van der Waals surface area contributed by atoms with Crippen LogP contribution in [0.1, 0.15) is 50.2 Å². The van der Waals surface area contributed by atoms with Gasteiger partial charge in [0.05, 0.1) is 5.41 Å². The van der Waals surface area contributed by atoms with Gasteiger partial charge >= 0.3 is 0 Å². The van der Waals surface area contributed by atoms with Gasteiger partial charge in [-0.05, 0) is 65.9 Å². The summed E-state index contributed by atoms with van der Waals surface area (Å²) in [5.74, 6) is 0.574. The fourth-order valence-corrected chi connectivity index (χ4v) is 5.51. The number of hydrogen-bond acceptors (Lipinski definition) is 0. The molecular weight excluding hydrogens is 312 g/mol. The molecule has 2 atom stereocenters. The smallest absolute Gasteiger partial charge is 0.0639 e. The van der Waals surface area contributed by atoms with Gasteiger partial charge < -0.3 is 0 Å². The number of fused-ring (bicyclic) bond motifs is 2. The molecule has 2 unspecified atom stereocenters. The van der Waals surface area contributed by atoms with E-state index in [1.165, 1.54) is 28.7 Å². The molecule has 0 aliphatic heterocycles. The first-order valence-electron chi connectivity index (χ1n) is 10.1. The van der Waals surface area contributed by atoms with Crippen molar-refractivity contribution in [3.8, 4) is 0 Å². The summed E-state index contributed by atoms with van der Waals surface area (Å²) < 4.78 is 0. The fourth-order valence-electron chi connectivity index (χ4n) is 5.51. The lowest BCUT2D eigenvalue weighted by Crippen LogP contribution is -2.35. The van der Waals surface area contributed by atoms with Gasteiger partial charge in [-0.2, -0.15) is 0 Å². The van der Waals surface area contributed by atoms with E-state index in [1.54, 1.807) is 11.1 Å². The van der Waals surface area contributed by atoms with Crippen LogP contribution in [0.2, 0.25) is 0 Å². The third-order valence-corrected chi connectivity index (χ3v) is 6.51. The van der Waals surface area contributed by atoms with Gasteiger partial charge in [-0.15, -0.1) is 0 Å². The number of rotatable bonds is 2. The van der Waals surface area contributed by atoms with Gasteiger partial charge in [-0.25, -0.2) is 0 Å². The van der Waals surface area contributed by atoms with E-state index < -0.39 is 0 Å². The summed E-state index contributed by atoms with van der Waals surface area (Å²) in [6, 6.07) is 9.15. The predicted molar refractivity (Wildman–Crippen MR) is 111 cm³/mol. The van der Waals surface area contributed by atoms with Crippen LogP contribution in [0, 0.1) is 5.92 Å². The molecule has 0 heterocycles. The van der Waals surface area contributed by atoms with Gasteiger partial charge in [0, 0.05) is 0 Å². The van der Waals surface area contributed by atoms with Crippen LogP contribution in [-0.4, -0.2) is 0 Å². The molecule has 0 amide bonds. The summed E-state index contributed by atoms with van der Waals surface area (Å²) in [6.45, 7) is 2.42. The molecule has 1 aromatic rings. The summed E-state index contributed by atoms with van der Waals surface area (Å²) >= 11 is 0. The van der Waals surface area contributed by atoms with Crippen molar-refractivity contribution in [3.63, 3.8) is 0 Å².